The van der Waals surface area contributed by atoms with Gasteiger partial charge in [0.25, 0.3) is 10.0 Å². The first-order chi connectivity index (χ1) is 17.7. The van der Waals surface area contributed by atoms with Gasteiger partial charge in [0, 0.05) is 24.3 Å². The molecule has 0 aliphatic carbocycles. The summed E-state index contributed by atoms with van der Waals surface area (Å²) in [6, 6.07) is 15.4. The fourth-order valence-corrected chi connectivity index (χ4v) is 7.78. The molecule has 2 atom stereocenters. The van der Waals surface area contributed by atoms with Crippen molar-refractivity contribution in [1.82, 2.24) is 4.98 Å². The van der Waals surface area contributed by atoms with Gasteiger partial charge in [-0.2, -0.15) is 0 Å². The molecule has 2 unspecified atom stereocenters. The summed E-state index contributed by atoms with van der Waals surface area (Å²) in [5.41, 5.74) is 2.20. The molecule has 3 aromatic rings. The molecular weight excluding hydrogens is 508 g/mol. The number of rotatable bonds is 5. The number of piperidine rings is 1. The lowest BCUT2D eigenvalue weighted by atomic mass is 9.80. The molecule has 0 saturated carbocycles. The van der Waals surface area contributed by atoms with E-state index in [1.807, 2.05) is 25.1 Å². The van der Waals surface area contributed by atoms with Gasteiger partial charge >= 0.3 is 0 Å². The van der Waals surface area contributed by atoms with Crippen molar-refractivity contribution in [2.45, 2.75) is 44.6 Å². The maximum Gasteiger partial charge on any atom is 0.265 e. The highest BCUT2D eigenvalue weighted by molar-refractivity contribution is 7.93. The number of fused-ring (bicyclic) bond motifs is 1. The number of carbonyl (C=O) groups excluding carboxylic acids is 1. The summed E-state index contributed by atoms with van der Waals surface area (Å²) in [6.07, 6.45) is 3.48. The molecule has 1 amide bonds. The smallest absolute Gasteiger partial charge is 0.265 e. The van der Waals surface area contributed by atoms with Crippen molar-refractivity contribution in [3.8, 4) is 0 Å². The Morgan fingerprint density at radius 3 is 2.43 bits per heavy atom. The minimum atomic E-state index is -4.07. The van der Waals surface area contributed by atoms with Crippen LogP contribution in [-0.4, -0.2) is 38.4 Å². The van der Waals surface area contributed by atoms with E-state index in [2.05, 4.69) is 15.2 Å². The summed E-state index contributed by atoms with van der Waals surface area (Å²) in [5, 5.41) is 3.48. The van der Waals surface area contributed by atoms with Gasteiger partial charge in [0.1, 0.15) is 11.9 Å². The Bertz CT molecular complexity index is 1420. The fourth-order valence-electron chi connectivity index (χ4n) is 5.56. The summed E-state index contributed by atoms with van der Waals surface area (Å²) in [5.74, 6) is 0.607. The van der Waals surface area contributed by atoms with Crippen LogP contribution in [0, 0.1) is 25.7 Å². The predicted molar refractivity (Wildman–Crippen MR) is 148 cm³/mol. The van der Waals surface area contributed by atoms with Gasteiger partial charge in [0.15, 0.2) is 0 Å². The molecular formula is C28H31ClN4O3S. The Hall–Kier alpha value is -3.10. The molecule has 9 heteroatoms. The van der Waals surface area contributed by atoms with Crippen molar-refractivity contribution in [3.05, 3.63) is 76.9 Å². The molecule has 1 fully saturated rings. The zero-order chi connectivity index (χ0) is 26.3. The van der Waals surface area contributed by atoms with Crippen LogP contribution in [0.25, 0.3) is 0 Å². The van der Waals surface area contributed by atoms with Gasteiger partial charge in [-0.15, -0.1) is 0 Å². The number of amides is 1. The Labute approximate surface area is 223 Å². The third-order valence-electron chi connectivity index (χ3n) is 7.67. The van der Waals surface area contributed by atoms with Crippen molar-refractivity contribution >= 4 is 44.7 Å². The number of hydrogen-bond donors (Lipinski definition) is 1. The van der Waals surface area contributed by atoms with Gasteiger partial charge in [0.05, 0.1) is 16.3 Å². The van der Waals surface area contributed by atoms with E-state index < -0.39 is 16.1 Å². The summed E-state index contributed by atoms with van der Waals surface area (Å²) >= 11 is 6.28. The number of halogens is 1. The summed E-state index contributed by atoms with van der Waals surface area (Å²) in [4.78, 5) is 20.4. The monoisotopic (exact) mass is 538 g/mol. The summed E-state index contributed by atoms with van der Waals surface area (Å²) in [6.45, 7) is 7.13. The first kappa shape index (κ1) is 25.5. The van der Waals surface area contributed by atoms with Crippen LogP contribution >= 0.6 is 11.6 Å². The van der Waals surface area contributed by atoms with Crippen LogP contribution in [-0.2, 0) is 14.8 Å². The molecule has 1 N–H and O–H groups in total. The number of sulfonamides is 1. The number of carbonyl (C=O) groups is 1. The molecule has 194 valence electrons. The average molecular weight is 539 g/mol. The second-order valence-corrected chi connectivity index (χ2v) is 12.2. The number of aromatic nitrogens is 1. The number of anilines is 3. The molecule has 0 bridgehead atoms. The summed E-state index contributed by atoms with van der Waals surface area (Å²) in [7, 11) is -4.07. The lowest BCUT2D eigenvalue weighted by molar-refractivity contribution is -0.118. The minimum absolute atomic E-state index is 0.168. The van der Waals surface area contributed by atoms with Gasteiger partial charge in [-0.05, 0) is 86.1 Å². The third kappa shape index (κ3) is 4.68. The number of pyridine rings is 1. The maximum absolute atomic E-state index is 14.3. The van der Waals surface area contributed by atoms with Gasteiger partial charge in [-0.3, -0.25) is 9.10 Å². The fraction of sp³-hybridized carbons (Fsp3) is 0.357. The Morgan fingerprint density at radius 2 is 1.73 bits per heavy atom. The standard InChI is InChI=1S/C28H31ClN4O3S/c1-18-17-25(19(2)16-22(18)29)37(35,36)33-24-9-5-4-8-23(24)31-28(34)27(33)20(3)21-11-14-32(15-12-21)26-10-6-7-13-30-26/h4-10,13,16-17,20-21,27H,11-12,14-15H2,1-3H3,(H,31,34). The number of para-hydroxylation sites is 2. The largest absolute Gasteiger partial charge is 0.357 e. The highest BCUT2D eigenvalue weighted by atomic mass is 35.5. The highest BCUT2D eigenvalue weighted by Crippen LogP contribution is 2.42. The van der Waals surface area contributed by atoms with Crippen LogP contribution < -0.4 is 14.5 Å². The third-order valence-corrected chi connectivity index (χ3v) is 10.0. The number of benzene rings is 2. The molecule has 7 nitrogen and oxygen atoms in total. The van der Waals surface area contributed by atoms with E-state index in [0.29, 0.717) is 27.5 Å². The van der Waals surface area contributed by atoms with Crippen LogP contribution in [0.2, 0.25) is 5.02 Å². The van der Waals surface area contributed by atoms with Crippen LogP contribution in [0.15, 0.2) is 65.7 Å². The zero-order valence-electron chi connectivity index (χ0n) is 21.2. The van der Waals surface area contributed by atoms with Crippen LogP contribution in [0.1, 0.15) is 30.9 Å². The summed E-state index contributed by atoms with van der Waals surface area (Å²) < 4.78 is 30.0. The maximum atomic E-state index is 14.3. The van der Waals surface area contributed by atoms with E-state index in [1.165, 1.54) is 4.31 Å². The second kappa shape index (κ2) is 9.99. The van der Waals surface area contributed by atoms with E-state index in [9.17, 15) is 13.2 Å². The highest BCUT2D eigenvalue weighted by Gasteiger charge is 2.46. The number of hydrogen-bond acceptors (Lipinski definition) is 5. The van der Waals surface area contributed by atoms with Gasteiger partial charge < -0.3 is 10.2 Å². The van der Waals surface area contributed by atoms with Crippen LogP contribution in [0.5, 0.6) is 0 Å². The molecule has 2 aliphatic heterocycles. The molecule has 0 radical (unpaired) electrons. The van der Waals surface area contributed by atoms with Gasteiger partial charge in [-0.1, -0.05) is 36.7 Å². The lowest BCUT2D eigenvalue weighted by Gasteiger charge is -2.44. The van der Waals surface area contributed by atoms with E-state index >= 15 is 0 Å². The Balaban J connectivity index is 1.51. The molecule has 5 rings (SSSR count). The number of nitrogens with zero attached hydrogens (tertiary/aromatic N) is 3. The Morgan fingerprint density at radius 1 is 1.03 bits per heavy atom. The normalized spacial score (nSPS) is 19.4. The Kier molecular flexibility index (Phi) is 6.89. The van der Waals surface area contributed by atoms with E-state index in [4.69, 9.17) is 11.6 Å². The molecule has 1 saturated heterocycles. The van der Waals surface area contributed by atoms with E-state index in [-0.39, 0.29) is 22.6 Å². The number of aryl methyl sites for hydroxylation is 2. The zero-order valence-corrected chi connectivity index (χ0v) is 22.8. The second-order valence-electron chi connectivity index (χ2n) is 9.99. The first-order valence-electron chi connectivity index (χ1n) is 12.6. The molecule has 37 heavy (non-hydrogen) atoms. The molecule has 2 aromatic carbocycles. The van der Waals surface area contributed by atoms with Crippen molar-refractivity contribution in [2.24, 2.45) is 11.8 Å². The van der Waals surface area contributed by atoms with Gasteiger partial charge in [-0.25, -0.2) is 13.4 Å². The molecule has 1 aromatic heterocycles. The van der Waals surface area contributed by atoms with Crippen molar-refractivity contribution in [3.63, 3.8) is 0 Å². The molecule has 3 heterocycles. The van der Waals surface area contributed by atoms with Crippen LogP contribution in [0.4, 0.5) is 17.2 Å². The minimum Gasteiger partial charge on any atom is -0.357 e. The van der Waals surface area contributed by atoms with Gasteiger partial charge in [0.2, 0.25) is 5.91 Å². The SMILES string of the molecule is Cc1cc(S(=O)(=O)N2c3ccccc3NC(=O)C2C(C)C2CCN(c3ccccn3)CC2)c(C)cc1Cl. The van der Waals surface area contributed by atoms with Crippen molar-refractivity contribution < 1.29 is 13.2 Å². The van der Waals surface area contributed by atoms with E-state index in [1.54, 1.807) is 56.4 Å². The number of nitrogens with one attached hydrogen (secondary N) is 1. The predicted octanol–water partition coefficient (Wildman–Crippen LogP) is 5.42. The first-order valence-corrected chi connectivity index (χ1v) is 14.4. The quantitative estimate of drug-likeness (QED) is 0.469. The van der Waals surface area contributed by atoms with Crippen molar-refractivity contribution in [2.75, 3.05) is 27.6 Å². The van der Waals surface area contributed by atoms with E-state index in [0.717, 1.165) is 31.7 Å². The molecule has 0 spiro atoms. The topological polar surface area (TPSA) is 82.6 Å². The molecule has 2 aliphatic rings. The average Bonchev–Trinajstić information content (AvgIpc) is 2.90. The van der Waals surface area contributed by atoms with Crippen LogP contribution in [0.3, 0.4) is 0 Å². The van der Waals surface area contributed by atoms with Crippen molar-refractivity contribution in [1.29, 1.82) is 0 Å². The lowest BCUT2D eigenvalue weighted by Crippen LogP contribution is -2.56.